The Kier molecular flexibility index (Phi) is 2.69. The zero-order chi connectivity index (χ0) is 11.0. The van der Waals surface area contributed by atoms with E-state index >= 15 is 0 Å². The van der Waals surface area contributed by atoms with Crippen LogP contribution in [0.5, 0.6) is 0 Å². The highest BCUT2D eigenvalue weighted by Crippen LogP contribution is 2.25. The molecule has 1 saturated heterocycles. The Labute approximate surface area is 95.8 Å². The van der Waals surface area contributed by atoms with Gasteiger partial charge in [-0.15, -0.1) is 0 Å². The molecular formula is C12H19N3O. The number of nitrogens with zero attached hydrogens (tertiary/aromatic N) is 2. The molecule has 0 radical (unpaired) electrons. The van der Waals surface area contributed by atoms with Crippen molar-refractivity contribution in [3.05, 3.63) is 17.7 Å². The molecule has 2 aliphatic rings. The summed E-state index contributed by atoms with van der Waals surface area (Å²) in [5.41, 5.74) is 7.45. The van der Waals surface area contributed by atoms with Gasteiger partial charge < -0.3 is 15.0 Å². The summed E-state index contributed by atoms with van der Waals surface area (Å²) in [6.45, 7) is 0.907. The Balaban J connectivity index is 1.81. The molecular weight excluding hydrogens is 202 g/mol. The Morgan fingerprint density at radius 2 is 2.38 bits per heavy atom. The lowest BCUT2D eigenvalue weighted by molar-refractivity contribution is 0.108. The first-order valence-electron chi connectivity index (χ1n) is 6.27. The molecule has 0 bridgehead atoms. The maximum absolute atomic E-state index is 6.15. The van der Waals surface area contributed by atoms with Crippen LogP contribution in [0.15, 0.2) is 6.20 Å². The quantitative estimate of drug-likeness (QED) is 0.821. The monoisotopic (exact) mass is 221 g/mol. The Hall–Kier alpha value is -0.870. The number of hydrogen-bond donors (Lipinski definition) is 1. The molecule has 0 spiro atoms. The molecule has 3 rings (SSSR count). The van der Waals surface area contributed by atoms with Crippen molar-refractivity contribution in [1.82, 2.24) is 9.55 Å². The number of imidazole rings is 1. The molecule has 88 valence electrons. The van der Waals surface area contributed by atoms with Crippen LogP contribution in [-0.2, 0) is 17.6 Å². The van der Waals surface area contributed by atoms with Gasteiger partial charge in [0.1, 0.15) is 5.82 Å². The van der Waals surface area contributed by atoms with Gasteiger partial charge in [-0.3, -0.25) is 0 Å². The summed E-state index contributed by atoms with van der Waals surface area (Å²) in [5, 5.41) is 0. The largest absolute Gasteiger partial charge is 0.378 e. The van der Waals surface area contributed by atoms with Crippen LogP contribution in [0.25, 0.3) is 0 Å². The predicted octanol–water partition coefficient (Wildman–Crippen LogP) is 1.40. The van der Waals surface area contributed by atoms with Crippen LogP contribution < -0.4 is 5.73 Å². The second kappa shape index (κ2) is 4.18. The van der Waals surface area contributed by atoms with Gasteiger partial charge in [0, 0.05) is 24.9 Å². The number of ether oxygens (including phenoxy) is 1. The molecule has 16 heavy (non-hydrogen) atoms. The van der Waals surface area contributed by atoms with Gasteiger partial charge in [-0.05, 0) is 32.1 Å². The van der Waals surface area contributed by atoms with Crippen molar-refractivity contribution in [2.24, 2.45) is 5.73 Å². The highest BCUT2D eigenvalue weighted by Gasteiger charge is 2.24. The minimum atomic E-state index is 0.127. The van der Waals surface area contributed by atoms with Crippen molar-refractivity contribution in [2.75, 3.05) is 6.61 Å². The molecule has 4 heteroatoms. The lowest BCUT2D eigenvalue weighted by Gasteiger charge is -2.24. The Morgan fingerprint density at radius 3 is 3.19 bits per heavy atom. The molecule has 2 unspecified atom stereocenters. The maximum atomic E-state index is 6.15. The van der Waals surface area contributed by atoms with Crippen molar-refractivity contribution in [1.29, 1.82) is 0 Å². The molecule has 0 aromatic carbocycles. The molecule has 0 aliphatic carbocycles. The predicted molar refractivity (Wildman–Crippen MR) is 61.1 cm³/mol. The molecule has 0 amide bonds. The molecule has 2 atom stereocenters. The average molecular weight is 221 g/mol. The topological polar surface area (TPSA) is 53.1 Å². The molecule has 0 saturated carbocycles. The van der Waals surface area contributed by atoms with E-state index in [1.165, 1.54) is 18.5 Å². The van der Waals surface area contributed by atoms with Crippen molar-refractivity contribution < 1.29 is 4.74 Å². The van der Waals surface area contributed by atoms with Crippen molar-refractivity contribution in [3.63, 3.8) is 0 Å². The van der Waals surface area contributed by atoms with E-state index in [2.05, 4.69) is 9.55 Å². The van der Waals surface area contributed by atoms with Crippen molar-refractivity contribution in [2.45, 2.75) is 50.8 Å². The molecule has 1 aromatic rings. The molecule has 1 fully saturated rings. The second-order valence-corrected chi connectivity index (χ2v) is 4.83. The normalized spacial score (nSPS) is 29.3. The summed E-state index contributed by atoms with van der Waals surface area (Å²) < 4.78 is 7.89. The Bertz CT molecular complexity index is 368. The summed E-state index contributed by atoms with van der Waals surface area (Å²) >= 11 is 0. The molecule has 2 N–H and O–H groups in total. The van der Waals surface area contributed by atoms with E-state index in [0.717, 1.165) is 38.1 Å². The molecule has 1 aromatic heterocycles. The highest BCUT2D eigenvalue weighted by molar-refractivity contribution is 5.10. The number of aromatic nitrogens is 2. The number of nitrogens with two attached hydrogens (primary N) is 1. The van der Waals surface area contributed by atoms with Crippen LogP contribution in [0.3, 0.4) is 0 Å². The van der Waals surface area contributed by atoms with Gasteiger partial charge >= 0.3 is 0 Å². The van der Waals surface area contributed by atoms with Gasteiger partial charge in [-0.1, -0.05) is 0 Å². The number of aryl methyl sites for hydroxylation is 1. The molecule has 4 nitrogen and oxygen atoms in total. The first kappa shape index (κ1) is 10.3. The van der Waals surface area contributed by atoms with Gasteiger partial charge in [0.15, 0.2) is 0 Å². The first-order chi connectivity index (χ1) is 7.84. The number of fused-ring (bicyclic) bond motifs is 1. The SMILES string of the molecule is NC1CCCc2cnc(CC3CCCO3)n21. The summed E-state index contributed by atoms with van der Waals surface area (Å²) in [6.07, 6.45) is 9.13. The van der Waals surface area contributed by atoms with Crippen LogP contribution in [0.2, 0.25) is 0 Å². The second-order valence-electron chi connectivity index (χ2n) is 4.83. The van der Waals surface area contributed by atoms with E-state index in [1.54, 1.807) is 0 Å². The first-order valence-corrected chi connectivity index (χ1v) is 6.27. The van der Waals surface area contributed by atoms with Crippen LogP contribution in [0.1, 0.15) is 43.4 Å². The zero-order valence-corrected chi connectivity index (χ0v) is 9.56. The van der Waals surface area contributed by atoms with Gasteiger partial charge in [0.05, 0.1) is 12.3 Å². The fraction of sp³-hybridized carbons (Fsp3) is 0.750. The zero-order valence-electron chi connectivity index (χ0n) is 9.56. The van der Waals surface area contributed by atoms with Gasteiger partial charge in [0.25, 0.3) is 0 Å². The summed E-state index contributed by atoms with van der Waals surface area (Å²) in [7, 11) is 0. The van der Waals surface area contributed by atoms with Crippen LogP contribution in [0.4, 0.5) is 0 Å². The number of rotatable bonds is 2. The fourth-order valence-electron chi connectivity index (χ4n) is 2.81. The standard InChI is InChI=1S/C12H19N3O/c13-11-5-1-3-9-8-14-12(15(9)11)7-10-4-2-6-16-10/h8,10-11H,1-7,13H2. The Morgan fingerprint density at radius 1 is 1.44 bits per heavy atom. The summed E-state index contributed by atoms with van der Waals surface area (Å²) in [4.78, 5) is 4.51. The highest BCUT2D eigenvalue weighted by atomic mass is 16.5. The van der Waals surface area contributed by atoms with Crippen LogP contribution in [0, 0.1) is 0 Å². The smallest absolute Gasteiger partial charge is 0.112 e. The summed E-state index contributed by atoms with van der Waals surface area (Å²) in [5.74, 6) is 1.12. The summed E-state index contributed by atoms with van der Waals surface area (Å²) in [6, 6.07) is 0. The molecule has 3 heterocycles. The van der Waals surface area contributed by atoms with Crippen molar-refractivity contribution in [3.8, 4) is 0 Å². The minimum absolute atomic E-state index is 0.127. The average Bonchev–Trinajstić information content (AvgIpc) is 2.90. The third-order valence-corrected chi connectivity index (χ3v) is 3.65. The van der Waals surface area contributed by atoms with E-state index in [1.807, 2.05) is 6.20 Å². The third-order valence-electron chi connectivity index (χ3n) is 3.65. The fourth-order valence-corrected chi connectivity index (χ4v) is 2.81. The minimum Gasteiger partial charge on any atom is -0.378 e. The lowest BCUT2D eigenvalue weighted by atomic mass is 10.1. The molecule has 2 aliphatic heterocycles. The van der Waals surface area contributed by atoms with Crippen LogP contribution >= 0.6 is 0 Å². The van der Waals surface area contributed by atoms with Crippen molar-refractivity contribution >= 4 is 0 Å². The van der Waals surface area contributed by atoms with E-state index in [-0.39, 0.29) is 6.17 Å². The van der Waals surface area contributed by atoms with Gasteiger partial charge in [0.2, 0.25) is 0 Å². The van der Waals surface area contributed by atoms with E-state index in [4.69, 9.17) is 10.5 Å². The van der Waals surface area contributed by atoms with Gasteiger partial charge in [-0.25, -0.2) is 4.98 Å². The van der Waals surface area contributed by atoms with E-state index in [0.29, 0.717) is 6.10 Å². The third kappa shape index (κ3) is 1.76. The maximum Gasteiger partial charge on any atom is 0.112 e. The number of hydrogen-bond acceptors (Lipinski definition) is 3. The van der Waals surface area contributed by atoms with E-state index < -0.39 is 0 Å². The van der Waals surface area contributed by atoms with Crippen LogP contribution in [-0.4, -0.2) is 22.3 Å². The van der Waals surface area contributed by atoms with Gasteiger partial charge in [-0.2, -0.15) is 0 Å². The van der Waals surface area contributed by atoms with E-state index in [9.17, 15) is 0 Å². The lowest BCUT2D eigenvalue weighted by Crippen LogP contribution is -2.27.